The molecule has 0 spiro atoms. The Kier molecular flexibility index (Phi) is 6.25. The topological polar surface area (TPSA) is 63.0 Å². The largest absolute Gasteiger partial charge is 0.456 e. The Bertz CT molecular complexity index is 3030. The highest BCUT2D eigenvalue weighted by Gasteiger charge is 2.27. The van der Waals surface area contributed by atoms with Gasteiger partial charge in [-0.25, -0.2) is 9.98 Å². The lowest BCUT2D eigenvalue weighted by Gasteiger charge is -2.25. The second-order valence-electron chi connectivity index (χ2n) is 13.4. The summed E-state index contributed by atoms with van der Waals surface area (Å²) >= 11 is 0. The van der Waals surface area contributed by atoms with Gasteiger partial charge in [0.25, 0.3) is 0 Å². The van der Waals surface area contributed by atoms with Gasteiger partial charge in [0.15, 0.2) is 6.17 Å². The van der Waals surface area contributed by atoms with E-state index in [2.05, 4.69) is 145 Å². The van der Waals surface area contributed by atoms with Crippen LogP contribution in [0.25, 0.3) is 76.5 Å². The zero-order valence-corrected chi connectivity index (χ0v) is 27.9. The molecule has 0 amide bonds. The molecule has 0 unspecified atom stereocenters. The van der Waals surface area contributed by atoms with E-state index in [1.807, 2.05) is 24.3 Å². The number of para-hydroxylation sites is 2. The zero-order valence-electron chi connectivity index (χ0n) is 27.9. The Labute approximate surface area is 298 Å². The van der Waals surface area contributed by atoms with Crippen LogP contribution >= 0.6 is 0 Å². The summed E-state index contributed by atoms with van der Waals surface area (Å²) in [6.07, 6.45) is -0.583. The van der Waals surface area contributed by atoms with E-state index in [4.69, 9.17) is 18.8 Å². The third-order valence-corrected chi connectivity index (χ3v) is 10.3. The smallest absolute Gasteiger partial charge is 0.171 e. The summed E-state index contributed by atoms with van der Waals surface area (Å²) in [6, 6.07) is 57.0. The van der Waals surface area contributed by atoms with E-state index in [9.17, 15) is 0 Å². The quantitative estimate of drug-likeness (QED) is 0.203. The van der Waals surface area contributed by atoms with Gasteiger partial charge in [-0.05, 0) is 75.1 Å². The van der Waals surface area contributed by atoms with Crippen molar-refractivity contribution in [1.29, 1.82) is 0 Å². The van der Waals surface area contributed by atoms with Crippen LogP contribution in [0.4, 0.5) is 0 Å². The van der Waals surface area contributed by atoms with Crippen LogP contribution in [-0.4, -0.2) is 11.7 Å². The van der Waals surface area contributed by atoms with Crippen molar-refractivity contribution in [2.45, 2.75) is 6.17 Å². The molecule has 1 aliphatic heterocycles. The van der Waals surface area contributed by atoms with Crippen LogP contribution in [0.2, 0.25) is 0 Å². The normalized spacial score (nSPS) is 13.7. The van der Waals surface area contributed by atoms with E-state index >= 15 is 0 Å². The van der Waals surface area contributed by atoms with Gasteiger partial charge < -0.3 is 14.2 Å². The first kappa shape index (κ1) is 28.8. The van der Waals surface area contributed by atoms with Gasteiger partial charge in [0.05, 0.1) is 0 Å². The van der Waals surface area contributed by atoms with Gasteiger partial charge in [0.2, 0.25) is 0 Å². The summed E-state index contributed by atoms with van der Waals surface area (Å²) in [7, 11) is 0. The van der Waals surface area contributed by atoms with E-state index in [1.54, 1.807) is 0 Å². The Morgan fingerprint density at radius 3 is 1.62 bits per heavy atom. The lowest BCUT2D eigenvalue weighted by Crippen LogP contribution is -2.36. The second kappa shape index (κ2) is 11.3. The van der Waals surface area contributed by atoms with Gasteiger partial charge >= 0.3 is 0 Å². The Morgan fingerprint density at radius 1 is 0.404 bits per heavy atom. The predicted octanol–water partition coefficient (Wildman–Crippen LogP) is 12.0. The fourth-order valence-electron chi connectivity index (χ4n) is 7.80. The summed E-state index contributed by atoms with van der Waals surface area (Å²) in [5.74, 6) is 1.53. The summed E-state index contributed by atoms with van der Waals surface area (Å²) in [5, 5.41) is 12.5. The summed E-state index contributed by atoms with van der Waals surface area (Å²) in [6.45, 7) is 0. The van der Waals surface area contributed by atoms with E-state index in [1.165, 1.54) is 10.8 Å². The third kappa shape index (κ3) is 4.56. The molecule has 5 heteroatoms. The van der Waals surface area contributed by atoms with Crippen molar-refractivity contribution < 1.29 is 8.83 Å². The first-order chi connectivity index (χ1) is 25.7. The highest BCUT2D eigenvalue weighted by atomic mass is 16.3. The van der Waals surface area contributed by atoms with Crippen LogP contribution in [0.1, 0.15) is 22.9 Å². The molecule has 0 saturated carbocycles. The van der Waals surface area contributed by atoms with E-state index in [0.717, 1.165) is 94.1 Å². The average molecular weight is 668 g/mol. The van der Waals surface area contributed by atoms with Crippen molar-refractivity contribution >= 4 is 77.1 Å². The average Bonchev–Trinajstić information content (AvgIpc) is 3.78. The molecule has 0 aliphatic carbocycles. The number of furan rings is 2. The van der Waals surface area contributed by atoms with Crippen molar-refractivity contribution in [3.63, 3.8) is 0 Å². The predicted molar refractivity (Wildman–Crippen MR) is 213 cm³/mol. The molecule has 0 saturated heterocycles. The van der Waals surface area contributed by atoms with Crippen molar-refractivity contribution in [2.75, 3.05) is 0 Å². The van der Waals surface area contributed by atoms with E-state index < -0.39 is 6.17 Å². The van der Waals surface area contributed by atoms with Gasteiger partial charge in [-0.15, -0.1) is 0 Å². The molecule has 0 bridgehead atoms. The maximum atomic E-state index is 6.48. The van der Waals surface area contributed by atoms with Crippen LogP contribution in [0, 0.1) is 0 Å². The summed E-state index contributed by atoms with van der Waals surface area (Å²) in [5.41, 5.74) is 8.45. The van der Waals surface area contributed by atoms with E-state index in [0.29, 0.717) is 0 Å². The number of hydrogen-bond acceptors (Lipinski definition) is 5. The molecule has 0 radical (unpaired) electrons. The minimum atomic E-state index is -0.583. The van der Waals surface area contributed by atoms with Crippen LogP contribution in [0.15, 0.2) is 183 Å². The summed E-state index contributed by atoms with van der Waals surface area (Å²) < 4.78 is 12.7. The standard InChI is InChI=1S/C47H29N3O2/c1-3-11-30-25-33(19-17-28(30)9-1)45-48-46(34-20-18-29-10-2-4-12-31(29)26-34)50-47(49-45)44-35(22-24-42-43(44)37-14-6-8-16-40(37)52-42)32-21-23-41-38(27-32)36-13-5-7-15-39(36)51-41/h1-27,47H,(H,48,49,50). The minimum absolute atomic E-state index is 0.583. The highest BCUT2D eigenvalue weighted by Crippen LogP contribution is 2.44. The molecule has 5 nitrogen and oxygen atoms in total. The lowest BCUT2D eigenvalue weighted by molar-refractivity contribution is 0.667. The lowest BCUT2D eigenvalue weighted by atomic mass is 9.92. The minimum Gasteiger partial charge on any atom is -0.456 e. The molecular weight excluding hydrogens is 639 g/mol. The molecule has 8 aromatic carbocycles. The molecule has 244 valence electrons. The molecule has 52 heavy (non-hydrogen) atoms. The number of amidine groups is 2. The fourth-order valence-corrected chi connectivity index (χ4v) is 7.80. The molecule has 3 heterocycles. The number of nitrogens with one attached hydrogen (secondary N) is 1. The molecule has 1 N–H and O–H groups in total. The third-order valence-electron chi connectivity index (χ3n) is 10.3. The van der Waals surface area contributed by atoms with Gasteiger partial charge in [0.1, 0.15) is 34.0 Å². The van der Waals surface area contributed by atoms with Crippen molar-refractivity contribution in [3.8, 4) is 11.1 Å². The monoisotopic (exact) mass is 667 g/mol. The maximum Gasteiger partial charge on any atom is 0.171 e. The molecule has 2 aromatic heterocycles. The fraction of sp³-hybridized carbons (Fsp3) is 0.0213. The molecule has 0 fully saturated rings. The SMILES string of the molecule is c1ccc2cc(C3=NC(c4c(-c5ccc6oc7ccccc7c6c5)ccc5oc6ccccc6c45)N=C(c4ccc5ccccc5c4)N3)ccc2c1. The number of fused-ring (bicyclic) bond motifs is 8. The van der Waals surface area contributed by atoms with Crippen LogP contribution < -0.4 is 5.32 Å². The number of hydrogen-bond donors (Lipinski definition) is 1. The zero-order chi connectivity index (χ0) is 34.2. The molecular formula is C47H29N3O2. The van der Waals surface area contributed by atoms with Crippen LogP contribution in [-0.2, 0) is 0 Å². The van der Waals surface area contributed by atoms with Crippen molar-refractivity contribution in [1.82, 2.24) is 5.32 Å². The highest BCUT2D eigenvalue weighted by molar-refractivity contribution is 6.18. The molecule has 0 atom stereocenters. The van der Waals surface area contributed by atoms with Gasteiger partial charge in [-0.3, -0.25) is 0 Å². The number of rotatable bonds is 4. The first-order valence-corrected chi connectivity index (χ1v) is 17.5. The van der Waals surface area contributed by atoms with Crippen LogP contribution in [0.5, 0.6) is 0 Å². The number of benzene rings is 8. The number of nitrogens with zero attached hydrogens (tertiary/aromatic N) is 2. The Balaban J connectivity index is 1.19. The van der Waals surface area contributed by atoms with Crippen molar-refractivity contribution in [2.24, 2.45) is 9.98 Å². The second-order valence-corrected chi connectivity index (χ2v) is 13.4. The Morgan fingerprint density at radius 2 is 0.923 bits per heavy atom. The molecule has 11 rings (SSSR count). The van der Waals surface area contributed by atoms with Crippen molar-refractivity contribution in [3.05, 3.63) is 180 Å². The van der Waals surface area contributed by atoms with Gasteiger partial charge in [-0.1, -0.05) is 121 Å². The molecule has 10 aromatic rings. The van der Waals surface area contributed by atoms with Gasteiger partial charge in [-0.2, -0.15) is 0 Å². The Hall–Kier alpha value is -6.98. The first-order valence-electron chi connectivity index (χ1n) is 17.5. The van der Waals surface area contributed by atoms with E-state index in [-0.39, 0.29) is 0 Å². The van der Waals surface area contributed by atoms with Crippen LogP contribution in [0.3, 0.4) is 0 Å². The summed E-state index contributed by atoms with van der Waals surface area (Å²) in [4.78, 5) is 10.9. The number of aliphatic imine (C=N–C) groups is 2. The maximum absolute atomic E-state index is 6.48. The molecule has 1 aliphatic rings. The van der Waals surface area contributed by atoms with Gasteiger partial charge in [0, 0.05) is 38.2 Å².